The summed E-state index contributed by atoms with van der Waals surface area (Å²) in [6.07, 6.45) is 2.59. The highest BCUT2D eigenvalue weighted by atomic mass is 19.2. The predicted molar refractivity (Wildman–Crippen MR) is 111 cm³/mol. The molecule has 2 saturated heterocycles. The number of rotatable bonds is 4. The average Bonchev–Trinajstić information content (AvgIpc) is 3.32. The number of oxazole rings is 1. The molecule has 0 saturated carbocycles. The highest BCUT2D eigenvalue weighted by molar-refractivity contribution is 5.84. The van der Waals surface area contributed by atoms with Gasteiger partial charge in [0.15, 0.2) is 17.2 Å². The Morgan fingerprint density at radius 2 is 1.77 bits per heavy atom. The molecule has 1 N–H and O–H groups in total. The van der Waals surface area contributed by atoms with Crippen LogP contribution in [-0.4, -0.2) is 46.4 Å². The molecule has 2 aromatic carbocycles. The summed E-state index contributed by atoms with van der Waals surface area (Å²) in [6, 6.07) is 9.45. The van der Waals surface area contributed by atoms with Crippen LogP contribution in [0.4, 0.5) is 8.78 Å². The van der Waals surface area contributed by atoms with Crippen LogP contribution in [0, 0.1) is 11.6 Å². The summed E-state index contributed by atoms with van der Waals surface area (Å²) in [5.74, 6) is -1.81. The highest BCUT2D eigenvalue weighted by Crippen LogP contribution is 2.32. The third-order valence-corrected chi connectivity index (χ3v) is 6.51. The quantitative estimate of drug-likeness (QED) is 0.693. The monoisotopic (exact) mass is 427 g/mol. The van der Waals surface area contributed by atoms with Gasteiger partial charge in [0.25, 0.3) is 0 Å². The van der Waals surface area contributed by atoms with Crippen molar-refractivity contribution < 1.29 is 18.0 Å². The van der Waals surface area contributed by atoms with Gasteiger partial charge < -0.3 is 9.32 Å². The van der Waals surface area contributed by atoms with Crippen LogP contribution >= 0.6 is 0 Å². The van der Waals surface area contributed by atoms with Crippen LogP contribution in [-0.2, 0) is 11.3 Å². The number of fused-ring (bicyclic) bond motifs is 1. The van der Waals surface area contributed by atoms with E-state index in [0.717, 1.165) is 50.0 Å². The van der Waals surface area contributed by atoms with Crippen LogP contribution in [0.1, 0.15) is 36.3 Å². The number of hydrogen-bond donors (Lipinski definition) is 1. The number of carbonyl (C=O) groups is 1. The zero-order valence-corrected chi connectivity index (χ0v) is 16.9. The average molecular weight is 427 g/mol. The van der Waals surface area contributed by atoms with Crippen molar-refractivity contribution in [3.63, 3.8) is 0 Å². The van der Waals surface area contributed by atoms with Crippen molar-refractivity contribution in [2.75, 3.05) is 19.6 Å². The lowest BCUT2D eigenvalue weighted by atomic mass is 9.88. The number of carbonyl (C=O) groups excluding carboxylic acids is 1. The summed E-state index contributed by atoms with van der Waals surface area (Å²) in [4.78, 5) is 30.9. The molecule has 2 fully saturated rings. The molecule has 0 spiro atoms. The van der Waals surface area contributed by atoms with Gasteiger partial charge in [-0.3, -0.25) is 14.7 Å². The first-order valence-electron chi connectivity index (χ1n) is 10.6. The van der Waals surface area contributed by atoms with Crippen LogP contribution in [0.15, 0.2) is 45.6 Å². The van der Waals surface area contributed by atoms with Crippen molar-refractivity contribution >= 4 is 17.0 Å². The highest BCUT2D eigenvalue weighted by Gasteiger charge is 2.37. The molecule has 1 aromatic heterocycles. The number of nitrogens with zero attached hydrogens (tertiary/aromatic N) is 2. The summed E-state index contributed by atoms with van der Waals surface area (Å²) in [5, 5.41) is 0. The maximum Gasteiger partial charge on any atom is 0.417 e. The van der Waals surface area contributed by atoms with E-state index in [1.165, 1.54) is 6.07 Å². The first kappa shape index (κ1) is 19.9. The largest absolute Gasteiger partial charge is 0.417 e. The van der Waals surface area contributed by atoms with E-state index < -0.39 is 17.4 Å². The summed E-state index contributed by atoms with van der Waals surface area (Å²) < 4.78 is 31.8. The molecule has 3 heterocycles. The van der Waals surface area contributed by atoms with Gasteiger partial charge in [-0.05, 0) is 73.7 Å². The van der Waals surface area contributed by atoms with Gasteiger partial charge in [-0.1, -0.05) is 12.1 Å². The molecule has 0 bridgehead atoms. The lowest BCUT2D eigenvalue weighted by Gasteiger charge is -2.35. The molecule has 5 rings (SSSR count). The molecule has 8 heteroatoms. The number of H-pyrrole nitrogens is 1. The minimum absolute atomic E-state index is 0.0544. The van der Waals surface area contributed by atoms with E-state index >= 15 is 0 Å². The van der Waals surface area contributed by atoms with Crippen molar-refractivity contribution in [1.82, 2.24) is 14.8 Å². The molecular formula is C23H23F2N3O3. The predicted octanol–water partition coefficient (Wildman–Crippen LogP) is 3.38. The van der Waals surface area contributed by atoms with Crippen molar-refractivity contribution in [3.05, 3.63) is 69.7 Å². The normalized spacial score (nSPS) is 20.8. The number of likely N-dealkylation sites (tertiary alicyclic amines) is 2. The molecule has 2 aliphatic heterocycles. The second-order valence-corrected chi connectivity index (χ2v) is 8.39. The SMILES string of the molecule is O=C1[C@@H](N2CCC(c3ccc4[nH]c(=O)oc4c3)CC2)CCN1Cc1ccc(F)c(F)c1. The second-order valence-electron chi connectivity index (χ2n) is 8.39. The van der Waals surface area contributed by atoms with Gasteiger partial charge in [0.1, 0.15) is 0 Å². The smallest absolute Gasteiger partial charge is 0.408 e. The zero-order valence-electron chi connectivity index (χ0n) is 16.9. The molecule has 2 aliphatic rings. The number of benzene rings is 2. The first-order valence-corrected chi connectivity index (χ1v) is 10.6. The van der Waals surface area contributed by atoms with Crippen LogP contribution in [0.2, 0.25) is 0 Å². The molecule has 6 nitrogen and oxygen atoms in total. The maximum absolute atomic E-state index is 13.5. The van der Waals surface area contributed by atoms with E-state index in [4.69, 9.17) is 4.42 Å². The topological polar surface area (TPSA) is 69.5 Å². The number of hydrogen-bond acceptors (Lipinski definition) is 4. The lowest BCUT2D eigenvalue weighted by molar-refractivity contribution is -0.133. The third kappa shape index (κ3) is 3.87. The molecule has 0 radical (unpaired) electrons. The van der Waals surface area contributed by atoms with Gasteiger partial charge in [0, 0.05) is 13.1 Å². The summed E-state index contributed by atoms with van der Waals surface area (Å²) in [7, 11) is 0. The Morgan fingerprint density at radius 1 is 0.968 bits per heavy atom. The van der Waals surface area contributed by atoms with Crippen LogP contribution in [0.25, 0.3) is 11.1 Å². The summed E-state index contributed by atoms with van der Waals surface area (Å²) >= 11 is 0. The van der Waals surface area contributed by atoms with Gasteiger partial charge in [0.2, 0.25) is 5.91 Å². The lowest BCUT2D eigenvalue weighted by Crippen LogP contribution is -2.45. The van der Waals surface area contributed by atoms with E-state index in [-0.39, 0.29) is 11.9 Å². The van der Waals surface area contributed by atoms with Gasteiger partial charge in [-0.2, -0.15) is 0 Å². The van der Waals surface area contributed by atoms with Crippen LogP contribution in [0.5, 0.6) is 0 Å². The van der Waals surface area contributed by atoms with Gasteiger partial charge in [0.05, 0.1) is 11.6 Å². The van der Waals surface area contributed by atoms with Gasteiger partial charge >= 0.3 is 5.76 Å². The minimum Gasteiger partial charge on any atom is -0.408 e. The number of halogens is 2. The maximum atomic E-state index is 13.5. The Morgan fingerprint density at radius 3 is 2.55 bits per heavy atom. The van der Waals surface area contributed by atoms with Gasteiger partial charge in [-0.25, -0.2) is 13.6 Å². The fourth-order valence-electron chi connectivity index (χ4n) is 4.84. The van der Waals surface area contributed by atoms with Gasteiger partial charge in [-0.15, -0.1) is 0 Å². The van der Waals surface area contributed by atoms with Crippen molar-refractivity contribution in [3.8, 4) is 0 Å². The minimum atomic E-state index is -0.889. The second kappa shape index (κ2) is 7.92. The molecule has 0 unspecified atom stereocenters. The van der Waals surface area contributed by atoms with E-state index in [2.05, 4.69) is 9.88 Å². The molecule has 31 heavy (non-hydrogen) atoms. The van der Waals surface area contributed by atoms with Crippen molar-refractivity contribution in [2.45, 2.75) is 37.8 Å². The number of aromatic nitrogens is 1. The zero-order chi connectivity index (χ0) is 21.5. The van der Waals surface area contributed by atoms with Crippen LogP contribution < -0.4 is 5.76 Å². The Hall–Kier alpha value is -3.00. The molecule has 3 aromatic rings. The van der Waals surface area contributed by atoms with E-state index in [1.807, 2.05) is 18.2 Å². The molecule has 162 valence electrons. The number of aromatic amines is 1. The van der Waals surface area contributed by atoms with Crippen molar-refractivity contribution in [1.29, 1.82) is 0 Å². The molecule has 1 atom stereocenters. The van der Waals surface area contributed by atoms with Crippen molar-refractivity contribution in [2.24, 2.45) is 0 Å². The van der Waals surface area contributed by atoms with E-state index in [0.29, 0.717) is 35.7 Å². The standard InChI is InChI=1S/C23H23F2N3O3/c24-17-3-1-14(11-18(17)25)13-28-10-7-20(22(28)29)27-8-5-15(6-9-27)16-2-4-19-21(12-16)31-23(30)26-19/h1-4,11-12,15,20H,5-10,13H2,(H,26,30)/t20-/m0/s1. The Labute approximate surface area is 177 Å². The first-order chi connectivity index (χ1) is 15.0. The Kier molecular flexibility index (Phi) is 5.09. The summed E-state index contributed by atoms with van der Waals surface area (Å²) in [5.41, 5.74) is 3.01. The summed E-state index contributed by atoms with van der Waals surface area (Å²) in [6.45, 7) is 2.54. The number of piperidine rings is 1. The number of nitrogens with one attached hydrogen (secondary N) is 1. The van der Waals surface area contributed by atoms with E-state index in [9.17, 15) is 18.4 Å². The fourth-order valence-corrected chi connectivity index (χ4v) is 4.84. The fraction of sp³-hybridized carbons (Fsp3) is 0.391. The molecule has 0 aliphatic carbocycles. The van der Waals surface area contributed by atoms with E-state index in [1.54, 1.807) is 4.90 Å². The third-order valence-electron chi connectivity index (χ3n) is 6.51. The molecular weight excluding hydrogens is 404 g/mol. The van der Waals surface area contributed by atoms with Crippen LogP contribution in [0.3, 0.4) is 0 Å². The molecule has 1 amide bonds. The Bertz CT molecular complexity index is 1180. The number of amides is 1. The Balaban J connectivity index is 1.20.